The Kier molecular flexibility index (Phi) is 2.82. The highest BCUT2D eigenvalue weighted by Crippen LogP contribution is 2.19. The van der Waals surface area contributed by atoms with Crippen LogP contribution in [-0.2, 0) is 7.05 Å². The van der Waals surface area contributed by atoms with E-state index in [2.05, 4.69) is 0 Å². The Balaban J connectivity index is 2.74. The predicted molar refractivity (Wildman–Crippen MR) is 63.8 cm³/mol. The Morgan fingerprint density at radius 2 is 1.82 bits per heavy atom. The molecule has 1 aromatic heterocycles. The van der Waals surface area contributed by atoms with Gasteiger partial charge in [-0.15, -0.1) is 0 Å². The fourth-order valence-electron chi connectivity index (χ4n) is 1.58. The fourth-order valence-corrected chi connectivity index (χ4v) is 1.58. The average molecular weight is 232 g/mol. The van der Waals surface area contributed by atoms with Crippen molar-refractivity contribution in [3.63, 3.8) is 0 Å². The first-order valence-electron chi connectivity index (χ1n) is 5.07. The first-order chi connectivity index (χ1) is 8.15. The highest BCUT2D eigenvalue weighted by atomic mass is 16.5. The molecule has 2 aromatic rings. The van der Waals surface area contributed by atoms with Crippen molar-refractivity contribution >= 4 is 0 Å². The van der Waals surface area contributed by atoms with Crippen LogP contribution in [0.4, 0.5) is 0 Å². The largest absolute Gasteiger partial charge is 0.495 e. The molecule has 0 aliphatic heterocycles. The Hall–Kier alpha value is -2.30. The third-order valence-corrected chi connectivity index (χ3v) is 2.53. The van der Waals surface area contributed by atoms with Crippen LogP contribution in [0.25, 0.3) is 5.69 Å². The van der Waals surface area contributed by atoms with Crippen LogP contribution in [0.5, 0.6) is 5.75 Å². The van der Waals surface area contributed by atoms with Crippen molar-refractivity contribution in [2.75, 3.05) is 7.11 Å². The number of benzene rings is 1. The van der Waals surface area contributed by atoms with Gasteiger partial charge in [-0.1, -0.05) is 12.1 Å². The molecule has 0 fully saturated rings. The quantitative estimate of drug-likeness (QED) is 0.759. The molecule has 88 valence electrons. The van der Waals surface area contributed by atoms with Crippen LogP contribution in [0.15, 0.2) is 46.1 Å². The topological polar surface area (TPSA) is 53.2 Å². The lowest BCUT2D eigenvalue weighted by molar-refractivity contribution is 0.412. The average Bonchev–Trinajstić information content (AvgIpc) is 2.36. The minimum Gasteiger partial charge on any atom is -0.495 e. The molecule has 0 aliphatic carbocycles. The lowest BCUT2D eigenvalue weighted by Gasteiger charge is -2.10. The van der Waals surface area contributed by atoms with E-state index in [0.717, 1.165) is 4.57 Å². The molecule has 1 heterocycles. The third-order valence-electron chi connectivity index (χ3n) is 2.53. The van der Waals surface area contributed by atoms with Crippen molar-refractivity contribution in [2.45, 2.75) is 0 Å². The monoisotopic (exact) mass is 232 g/mol. The van der Waals surface area contributed by atoms with Crippen LogP contribution in [-0.4, -0.2) is 16.2 Å². The number of methoxy groups -OCH3 is 1. The van der Waals surface area contributed by atoms with Gasteiger partial charge in [0.25, 0.3) is 5.56 Å². The zero-order chi connectivity index (χ0) is 12.4. The molecule has 1 aromatic carbocycles. The van der Waals surface area contributed by atoms with Crippen LogP contribution in [0.2, 0.25) is 0 Å². The summed E-state index contributed by atoms with van der Waals surface area (Å²) in [5, 5.41) is 0. The SMILES string of the molecule is COc1ccccc1-n1ccc(=O)n(C)c1=O. The summed E-state index contributed by atoms with van der Waals surface area (Å²) in [6, 6.07) is 8.47. The molecule has 0 amide bonds. The van der Waals surface area contributed by atoms with Crippen LogP contribution >= 0.6 is 0 Å². The molecule has 0 unspecified atom stereocenters. The van der Waals surface area contributed by atoms with Gasteiger partial charge in [0.1, 0.15) is 5.75 Å². The van der Waals surface area contributed by atoms with Crippen molar-refractivity contribution in [1.82, 2.24) is 9.13 Å². The van der Waals surface area contributed by atoms with Crippen molar-refractivity contribution in [3.05, 3.63) is 57.4 Å². The number of para-hydroxylation sites is 2. The number of rotatable bonds is 2. The molecule has 2 rings (SSSR count). The molecule has 0 saturated carbocycles. The number of aromatic nitrogens is 2. The van der Waals surface area contributed by atoms with Crippen molar-refractivity contribution < 1.29 is 4.74 Å². The van der Waals surface area contributed by atoms with E-state index < -0.39 is 5.69 Å². The second kappa shape index (κ2) is 4.29. The van der Waals surface area contributed by atoms with E-state index in [-0.39, 0.29) is 5.56 Å². The number of hydrogen-bond acceptors (Lipinski definition) is 3. The molecule has 0 aliphatic rings. The van der Waals surface area contributed by atoms with Gasteiger partial charge in [-0.25, -0.2) is 4.79 Å². The third kappa shape index (κ3) is 1.87. The molecule has 17 heavy (non-hydrogen) atoms. The maximum absolute atomic E-state index is 11.9. The summed E-state index contributed by atoms with van der Waals surface area (Å²) in [7, 11) is 2.97. The summed E-state index contributed by atoms with van der Waals surface area (Å²) in [4.78, 5) is 23.2. The summed E-state index contributed by atoms with van der Waals surface area (Å²) >= 11 is 0. The maximum atomic E-state index is 11.9. The molecule has 0 spiro atoms. The molecule has 5 heteroatoms. The van der Waals surface area contributed by atoms with E-state index >= 15 is 0 Å². The fraction of sp³-hybridized carbons (Fsp3) is 0.167. The number of nitrogens with zero attached hydrogens (tertiary/aromatic N) is 2. The summed E-state index contributed by atoms with van der Waals surface area (Å²) in [5.74, 6) is 0.577. The molecular weight excluding hydrogens is 220 g/mol. The van der Waals surface area contributed by atoms with Crippen LogP contribution in [0.3, 0.4) is 0 Å². The van der Waals surface area contributed by atoms with Gasteiger partial charge in [0.15, 0.2) is 0 Å². The Labute approximate surface area is 97.5 Å². The standard InChI is InChI=1S/C12H12N2O3/c1-13-11(15)7-8-14(12(13)16)9-5-3-4-6-10(9)17-2/h3-8H,1-2H3. The van der Waals surface area contributed by atoms with Crippen molar-refractivity contribution in [2.24, 2.45) is 7.05 Å². The molecule has 0 atom stereocenters. The highest BCUT2D eigenvalue weighted by molar-refractivity contribution is 5.46. The van der Waals surface area contributed by atoms with Crippen molar-refractivity contribution in [3.8, 4) is 11.4 Å². The van der Waals surface area contributed by atoms with Crippen LogP contribution < -0.4 is 16.0 Å². The minimum atomic E-state index is -0.401. The second-order valence-corrected chi connectivity index (χ2v) is 3.54. The van der Waals surface area contributed by atoms with Gasteiger partial charge in [-0.2, -0.15) is 0 Å². The summed E-state index contributed by atoms with van der Waals surface area (Å²) in [6.45, 7) is 0. The Morgan fingerprint density at radius 1 is 1.12 bits per heavy atom. The highest BCUT2D eigenvalue weighted by Gasteiger charge is 2.07. The zero-order valence-corrected chi connectivity index (χ0v) is 9.58. The molecule has 0 N–H and O–H groups in total. The predicted octanol–water partition coefficient (Wildman–Crippen LogP) is 0.545. The lowest BCUT2D eigenvalue weighted by Crippen LogP contribution is -2.36. The second-order valence-electron chi connectivity index (χ2n) is 3.54. The zero-order valence-electron chi connectivity index (χ0n) is 9.58. The maximum Gasteiger partial charge on any atom is 0.335 e. The number of ether oxygens (including phenoxy) is 1. The van der Waals surface area contributed by atoms with Crippen molar-refractivity contribution in [1.29, 1.82) is 0 Å². The molecule has 0 saturated heterocycles. The van der Waals surface area contributed by atoms with Gasteiger partial charge in [-0.05, 0) is 12.1 Å². The van der Waals surface area contributed by atoms with Gasteiger partial charge in [0.2, 0.25) is 0 Å². The molecule has 0 radical (unpaired) electrons. The smallest absolute Gasteiger partial charge is 0.335 e. The van der Waals surface area contributed by atoms with E-state index in [4.69, 9.17) is 4.74 Å². The van der Waals surface area contributed by atoms with E-state index in [0.29, 0.717) is 11.4 Å². The Bertz CT molecular complexity index is 655. The normalized spacial score (nSPS) is 10.2. The molecule has 0 bridgehead atoms. The summed E-state index contributed by atoms with van der Waals surface area (Å²) in [6.07, 6.45) is 1.45. The van der Waals surface area contributed by atoms with Gasteiger partial charge in [0, 0.05) is 19.3 Å². The van der Waals surface area contributed by atoms with Gasteiger partial charge in [-0.3, -0.25) is 13.9 Å². The van der Waals surface area contributed by atoms with E-state index in [1.54, 1.807) is 18.2 Å². The summed E-state index contributed by atoms with van der Waals surface area (Å²) < 4.78 is 7.60. The van der Waals surface area contributed by atoms with Gasteiger partial charge >= 0.3 is 5.69 Å². The van der Waals surface area contributed by atoms with Gasteiger partial charge in [0.05, 0.1) is 12.8 Å². The lowest BCUT2D eigenvalue weighted by atomic mass is 10.3. The van der Waals surface area contributed by atoms with Gasteiger partial charge < -0.3 is 4.74 Å². The summed E-state index contributed by atoms with van der Waals surface area (Å²) in [5.41, 5.74) is -0.126. The van der Waals surface area contributed by atoms with Crippen LogP contribution in [0.1, 0.15) is 0 Å². The first-order valence-corrected chi connectivity index (χ1v) is 5.07. The Morgan fingerprint density at radius 3 is 2.53 bits per heavy atom. The van der Waals surface area contributed by atoms with Crippen LogP contribution in [0, 0.1) is 0 Å². The van der Waals surface area contributed by atoms with E-state index in [1.165, 1.54) is 31.0 Å². The first kappa shape index (κ1) is 11.2. The minimum absolute atomic E-state index is 0.332. The van der Waals surface area contributed by atoms with E-state index in [9.17, 15) is 9.59 Å². The van der Waals surface area contributed by atoms with E-state index in [1.807, 2.05) is 6.07 Å². The number of hydrogen-bond donors (Lipinski definition) is 0. The molecule has 5 nitrogen and oxygen atoms in total. The molecular formula is C12H12N2O3.